The lowest BCUT2D eigenvalue weighted by atomic mass is 10.1. The molecule has 6 heteroatoms. The van der Waals surface area contributed by atoms with E-state index in [2.05, 4.69) is 28.5 Å². The van der Waals surface area contributed by atoms with E-state index in [1.165, 1.54) is 22.2 Å². The summed E-state index contributed by atoms with van der Waals surface area (Å²) in [5.74, 6) is 1.34. The second kappa shape index (κ2) is 7.84. The van der Waals surface area contributed by atoms with Crippen LogP contribution in [-0.2, 0) is 19.4 Å². The van der Waals surface area contributed by atoms with E-state index >= 15 is 0 Å². The number of nitrogens with zero attached hydrogens (tertiary/aromatic N) is 1. The molecule has 0 spiro atoms. The minimum Gasteiger partial charge on any atom is -0.493 e. The van der Waals surface area contributed by atoms with E-state index in [-0.39, 0.29) is 6.03 Å². The maximum atomic E-state index is 12.7. The summed E-state index contributed by atoms with van der Waals surface area (Å²) in [6.07, 6.45) is 1.71. The summed E-state index contributed by atoms with van der Waals surface area (Å²) in [7, 11) is 3.22. The summed E-state index contributed by atoms with van der Waals surface area (Å²) in [6.45, 7) is 1.87. The van der Waals surface area contributed by atoms with Gasteiger partial charge in [0, 0.05) is 42.7 Å². The topological polar surface area (TPSA) is 66.6 Å². The zero-order valence-electron chi connectivity index (χ0n) is 16.2. The Kier molecular flexibility index (Phi) is 5.10. The van der Waals surface area contributed by atoms with Crippen molar-refractivity contribution >= 4 is 16.9 Å². The van der Waals surface area contributed by atoms with Crippen molar-refractivity contribution in [2.24, 2.45) is 0 Å². The van der Waals surface area contributed by atoms with Gasteiger partial charge < -0.3 is 24.7 Å². The van der Waals surface area contributed by atoms with Crippen molar-refractivity contribution in [3.8, 4) is 11.5 Å². The minimum absolute atomic E-state index is 0.0377. The van der Waals surface area contributed by atoms with Crippen molar-refractivity contribution < 1.29 is 14.3 Å². The number of rotatable bonds is 4. The lowest BCUT2D eigenvalue weighted by Crippen LogP contribution is -2.41. The third-order valence-corrected chi connectivity index (χ3v) is 5.34. The smallest absolute Gasteiger partial charge is 0.317 e. The van der Waals surface area contributed by atoms with Crippen molar-refractivity contribution in [3.63, 3.8) is 0 Å². The number of methoxy groups -OCH3 is 2. The van der Waals surface area contributed by atoms with E-state index in [0.717, 1.165) is 18.4 Å². The molecule has 0 saturated heterocycles. The van der Waals surface area contributed by atoms with E-state index in [1.54, 1.807) is 14.2 Å². The van der Waals surface area contributed by atoms with Gasteiger partial charge in [-0.15, -0.1) is 0 Å². The second-order valence-electron chi connectivity index (χ2n) is 6.96. The Morgan fingerprint density at radius 1 is 1.07 bits per heavy atom. The van der Waals surface area contributed by atoms with Crippen LogP contribution in [-0.4, -0.2) is 43.2 Å². The summed E-state index contributed by atoms with van der Waals surface area (Å²) in [5.41, 5.74) is 4.73. The van der Waals surface area contributed by atoms with Gasteiger partial charge in [-0.05, 0) is 35.7 Å². The first-order chi connectivity index (χ1) is 13.7. The Labute approximate surface area is 164 Å². The molecule has 2 heterocycles. The standard InChI is InChI=1S/C22H25N3O3/c1-27-20-8-7-15(13-21(20)28-2)14-23-22(26)25-11-9-17-16-5-3-4-6-18(16)24-19(17)10-12-25/h3-8,13,24H,9-12,14H2,1-2H3,(H,23,26). The van der Waals surface area contributed by atoms with E-state index in [1.807, 2.05) is 29.2 Å². The Bertz CT molecular complexity index is 996. The number of hydrogen-bond acceptors (Lipinski definition) is 3. The van der Waals surface area contributed by atoms with Gasteiger partial charge in [0.1, 0.15) is 0 Å². The third-order valence-electron chi connectivity index (χ3n) is 5.34. The van der Waals surface area contributed by atoms with E-state index in [9.17, 15) is 4.79 Å². The first-order valence-corrected chi connectivity index (χ1v) is 9.51. The molecule has 0 aliphatic carbocycles. The maximum Gasteiger partial charge on any atom is 0.317 e. The van der Waals surface area contributed by atoms with Crippen molar-refractivity contribution in [1.29, 1.82) is 0 Å². The molecule has 2 amide bonds. The molecule has 0 bridgehead atoms. The van der Waals surface area contributed by atoms with Gasteiger partial charge in [-0.25, -0.2) is 4.79 Å². The molecule has 0 fully saturated rings. The minimum atomic E-state index is -0.0377. The molecule has 1 aliphatic heterocycles. The molecule has 6 nitrogen and oxygen atoms in total. The van der Waals surface area contributed by atoms with Gasteiger partial charge in [-0.3, -0.25) is 0 Å². The van der Waals surface area contributed by atoms with Crippen molar-refractivity contribution in [1.82, 2.24) is 15.2 Å². The lowest BCUT2D eigenvalue weighted by molar-refractivity contribution is 0.199. The number of fused-ring (bicyclic) bond motifs is 3. The van der Waals surface area contributed by atoms with Gasteiger partial charge in [0.15, 0.2) is 11.5 Å². The zero-order chi connectivity index (χ0) is 19.5. The van der Waals surface area contributed by atoms with Crippen LogP contribution in [0.2, 0.25) is 0 Å². The highest BCUT2D eigenvalue weighted by Gasteiger charge is 2.21. The van der Waals surface area contributed by atoms with Gasteiger partial charge in [0.2, 0.25) is 0 Å². The van der Waals surface area contributed by atoms with Crippen LogP contribution in [0.25, 0.3) is 10.9 Å². The molecule has 0 unspecified atom stereocenters. The van der Waals surface area contributed by atoms with Gasteiger partial charge in [-0.1, -0.05) is 24.3 Å². The largest absolute Gasteiger partial charge is 0.493 e. The van der Waals surface area contributed by atoms with Crippen LogP contribution < -0.4 is 14.8 Å². The Morgan fingerprint density at radius 2 is 1.86 bits per heavy atom. The monoisotopic (exact) mass is 379 g/mol. The van der Waals surface area contributed by atoms with Gasteiger partial charge in [0.25, 0.3) is 0 Å². The number of H-pyrrole nitrogens is 1. The van der Waals surface area contributed by atoms with Gasteiger partial charge in [-0.2, -0.15) is 0 Å². The number of carbonyl (C=O) groups is 1. The molecular formula is C22H25N3O3. The third kappa shape index (κ3) is 3.50. The fourth-order valence-electron chi connectivity index (χ4n) is 3.84. The summed E-state index contributed by atoms with van der Waals surface area (Å²) >= 11 is 0. The van der Waals surface area contributed by atoms with Gasteiger partial charge >= 0.3 is 6.03 Å². The van der Waals surface area contributed by atoms with Crippen LogP contribution in [0.5, 0.6) is 11.5 Å². The van der Waals surface area contributed by atoms with Crippen LogP contribution in [0.15, 0.2) is 42.5 Å². The van der Waals surface area contributed by atoms with Crippen LogP contribution in [0, 0.1) is 0 Å². The molecule has 28 heavy (non-hydrogen) atoms. The Morgan fingerprint density at radius 3 is 2.68 bits per heavy atom. The van der Waals surface area contributed by atoms with Crippen molar-refractivity contribution in [2.75, 3.05) is 27.3 Å². The summed E-state index contributed by atoms with van der Waals surface area (Å²) in [5, 5.41) is 4.29. The van der Waals surface area contributed by atoms with Crippen molar-refractivity contribution in [2.45, 2.75) is 19.4 Å². The molecule has 0 atom stereocenters. The Hall–Kier alpha value is -3.15. The number of hydrogen-bond donors (Lipinski definition) is 2. The van der Waals surface area contributed by atoms with Crippen molar-refractivity contribution in [3.05, 3.63) is 59.3 Å². The summed E-state index contributed by atoms with van der Waals surface area (Å²) < 4.78 is 10.6. The van der Waals surface area contributed by atoms with Crippen LogP contribution >= 0.6 is 0 Å². The van der Waals surface area contributed by atoms with E-state index < -0.39 is 0 Å². The summed E-state index contributed by atoms with van der Waals surface area (Å²) in [4.78, 5) is 18.1. The van der Waals surface area contributed by atoms with Crippen LogP contribution in [0.3, 0.4) is 0 Å². The fourth-order valence-corrected chi connectivity index (χ4v) is 3.84. The summed E-state index contributed by atoms with van der Waals surface area (Å²) in [6, 6.07) is 14.0. The maximum absolute atomic E-state index is 12.7. The van der Waals surface area contributed by atoms with Crippen LogP contribution in [0.4, 0.5) is 4.79 Å². The average Bonchev–Trinajstić information content (AvgIpc) is 2.95. The highest BCUT2D eigenvalue weighted by Crippen LogP contribution is 2.28. The highest BCUT2D eigenvalue weighted by atomic mass is 16.5. The molecule has 2 aromatic carbocycles. The molecule has 1 aliphatic rings. The SMILES string of the molecule is COc1ccc(CNC(=O)N2CCc3[nH]c4ccccc4c3CC2)cc1OC. The van der Waals surface area contributed by atoms with Crippen LogP contribution in [0.1, 0.15) is 16.8 Å². The molecule has 3 aromatic rings. The normalized spacial score (nSPS) is 13.7. The molecule has 2 N–H and O–H groups in total. The first kappa shape index (κ1) is 18.2. The fraction of sp³-hybridized carbons (Fsp3) is 0.318. The second-order valence-corrected chi connectivity index (χ2v) is 6.96. The number of benzene rings is 2. The molecule has 1 aromatic heterocycles. The molecular weight excluding hydrogens is 354 g/mol. The van der Waals surface area contributed by atoms with E-state index in [4.69, 9.17) is 9.47 Å². The first-order valence-electron chi connectivity index (χ1n) is 9.51. The number of amides is 2. The van der Waals surface area contributed by atoms with Gasteiger partial charge in [0.05, 0.1) is 14.2 Å². The predicted octanol–water partition coefficient (Wildman–Crippen LogP) is 3.50. The number of para-hydroxylation sites is 1. The van der Waals surface area contributed by atoms with E-state index in [0.29, 0.717) is 31.1 Å². The zero-order valence-corrected chi connectivity index (χ0v) is 16.2. The number of urea groups is 1. The molecule has 0 saturated carbocycles. The molecule has 146 valence electrons. The predicted molar refractivity (Wildman–Crippen MR) is 109 cm³/mol. The number of nitrogens with one attached hydrogen (secondary N) is 2. The highest BCUT2D eigenvalue weighted by molar-refractivity contribution is 5.85. The average molecular weight is 379 g/mol. The number of aromatic nitrogens is 1. The number of carbonyl (C=O) groups excluding carboxylic acids is 1. The molecule has 4 rings (SSSR count). The number of ether oxygens (including phenoxy) is 2. The lowest BCUT2D eigenvalue weighted by Gasteiger charge is -2.21. The Balaban J connectivity index is 1.39. The number of aromatic amines is 1. The quantitative estimate of drug-likeness (QED) is 0.729. The molecule has 0 radical (unpaired) electrons.